The molecule has 0 spiro atoms. The third kappa shape index (κ3) is 7.18. The number of nitrogens with zero attached hydrogens (tertiary/aromatic N) is 1. The largest absolute Gasteiger partial charge is 0.493 e. The van der Waals surface area contributed by atoms with Crippen molar-refractivity contribution in [3.63, 3.8) is 0 Å². The summed E-state index contributed by atoms with van der Waals surface area (Å²) in [6.45, 7) is 4.43. The van der Waals surface area contributed by atoms with Gasteiger partial charge in [-0.2, -0.15) is 0 Å². The second-order valence-corrected chi connectivity index (χ2v) is 11.3. The molecule has 3 N–H and O–H groups in total. The minimum absolute atomic E-state index is 0.0208. The molecule has 1 fully saturated rings. The smallest absolute Gasteiger partial charge is 0.284 e. The standard InChI is InChI=1S/C31H32ClN3O6S/c1-4-15-41-22-9-6-20(7-10-22)31-35(21-8-11-23(29(33)37)24(32)17-21)30(38)27(42-31)18-28(36)34-14-13-19-5-12-25(39-2)26(16-19)40-3/h4-12,16-17,27,31H,1,13-15,18H2,2-3H3,(H2,33,37)(H,34,36)/p+1. The lowest BCUT2D eigenvalue weighted by Crippen LogP contribution is -2.35. The Morgan fingerprint density at radius 2 is 1.81 bits per heavy atom. The van der Waals surface area contributed by atoms with E-state index < -0.39 is 11.2 Å². The fourth-order valence-corrected chi connectivity index (χ4v) is 6.46. The maximum Gasteiger partial charge on any atom is 0.284 e. The quantitative estimate of drug-likeness (QED) is 0.172. The van der Waals surface area contributed by atoms with Crippen molar-refractivity contribution < 1.29 is 28.6 Å². The van der Waals surface area contributed by atoms with Gasteiger partial charge in [-0.25, -0.2) is 0 Å². The summed E-state index contributed by atoms with van der Waals surface area (Å²) in [6, 6.07) is 17.7. The second-order valence-electron chi connectivity index (χ2n) is 9.44. The molecule has 0 bridgehead atoms. The molecule has 42 heavy (non-hydrogen) atoms. The van der Waals surface area contributed by atoms with Crippen LogP contribution in [-0.4, -0.2) is 50.3 Å². The van der Waals surface area contributed by atoms with Crippen LogP contribution in [0.1, 0.15) is 33.3 Å². The number of carbonyl (C=O) groups is 3. The number of amides is 3. The summed E-state index contributed by atoms with van der Waals surface area (Å²) in [6.07, 6.45) is 2.27. The minimum Gasteiger partial charge on any atom is -0.493 e. The van der Waals surface area contributed by atoms with Gasteiger partial charge in [-0.1, -0.05) is 30.3 Å². The van der Waals surface area contributed by atoms with Gasteiger partial charge < -0.3 is 25.3 Å². The van der Waals surface area contributed by atoms with E-state index in [9.17, 15) is 14.4 Å². The number of nitrogens with two attached hydrogens (primary N) is 1. The van der Waals surface area contributed by atoms with E-state index in [0.717, 1.165) is 22.9 Å². The number of carbonyl (C=O) groups excluding carboxylic acids is 3. The van der Waals surface area contributed by atoms with Crippen molar-refractivity contribution in [3.8, 4) is 17.2 Å². The van der Waals surface area contributed by atoms with Gasteiger partial charge in [-0.05, 0) is 66.6 Å². The number of nitrogens with one attached hydrogen (secondary N) is 1. The maximum absolute atomic E-state index is 13.7. The topological polar surface area (TPSA) is 120 Å². The van der Waals surface area contributed by atoms with Crippen LogP contribution in [0.3, 0.4) is 0 Å². The zero-order chi connectivity index (χ0) is 30.2. The first kappa shape index (κ1) is 30.8. The first-order valence-corrected chi connectivity index (χ1v) is 14.6. The van der Waals surface area contributed by atoms with Crippen molar-refractivity contribution in [3.05, 3.63) is 95.0 Å². The second kappa shape index (κ2) is 14.2. The molecular weight excluding hydrogens is 578 g/mol. The van der Waals surface area contributed by atoms with Crippen LogP contribution in [0.25, 0.3) is 0 Å². The molecule has 1 aliphatic rings. The Morgan fingerprint density at radius 1 is 1.07 bits per heavy atom. The maximum atomic E-state index is 13.7. The lowest BCUT2D eigenvalue weighted by atomic mass is 10.1. The highest BCUT2D eigenvalue weighted by atomic mass is 35.5. The van der Waals surface area contributed by atoms with E-state index in [1.165, 1.54) is 6.07 Å². The Morgan fingerprint density at radius 3 is 2.45 bits per heavy atom. The van der Waals surface area contributed by atoms with E-state index in [2.05, 4.69) is 11.9 Å². The van der Waals surface area contributed by atoms with Crippen molar-refractivity contribution in [2.45, 2.75) is 23.5 Å². The van der Waals surface area contributed by atoms with Crippen molar-refractivity contribution in [2.75, 3.05) is 32.3 Å². The Hall–Kier alpha value is -4.15. The fraction of sp³-hybridized carbons (Fsp3) is 0.258. The molecular formula is C31H33ClN3O6S+. The molecule has 0 radical (unpaired) electrons. The van der Waals surface area contributed by atoms with Crippen LogP contribution < -0.4 is 30.2 Å². The van der Waals surface area contributed by atoms with Crippen molar-refractivity contribution in [1.82, 2.24) is 5.32 Å². The molecule has 11 heteroatoms. The van der Waals surface area contributed by atoms with Crippen LogP contribution in [0.2, 0.25) is 5.02 Å². The first-order valence-electron chi connectivity index (χ1n) is 13.2. The molecule has 220 valence electrons. The first-order chi connectivity index (χ1) is 20.2. The minimum atomic E-state index is -0.660. The summed E-state index contributed by atoms with van der Waals surface area (Å²) < 4.78 is 16.2. The molecule has 3 aromatic rings. The van der Waals surface area contributed by atoms with E-state index in [1.54, 1.807) is 37.3 Å². The number of hydrogen-bond acceptors (Lipinski definition) is 6. The van der Waals surface area contributed by atoms with Crippen LogP contribution in [0.15, 0.2) is 73.3 Å². The molecule has 2 atom stereocenters. The number of hydrogen-bond donors (Lipinski definition) is 2. The molecule has 0 aromatic heterocycles. The van der Waals surface area contributed by atoms with E-state index in [-0.39, 0.29) is 34.2 Å². The summed E-state index contributed by atoms with van der Waals surface area (Å²) in [7, 11) is 3.15. The summed E-state index contributed by atoms with van der Waals surface area (Å²) in [5.41, 5.74) is 7.93. The molecule has 0 saturated carbocycles. The van der Waals surface area contributed by atoms with Crippen LogP contribution in [0.5, 0.6) is 17.2 Å². The van der Waals surface area contributed by atoms with Gasteiger partial charge in [-0.3, -0.25) is 19.3 Å². The normalized spacial score (nSPS) is 16.2. The van der Waals surface area contributed by atoms with Crippen molar-refractivity contribution >= 4 is 46.8 Å². The summed E-state index contributed by atoms with van der Waals surface area (Å²) >= 11 is 7.07. The van der Waals surface area contributed by atoms with Gasteiger partial charge in [0.2, 0.25) is 22.4 Å². The van der Waals surface area contributed by atoms with E-state index in [0.29, 0.717) is 42.5 Å². The molecule has 1 aliphatic heterocycles. The van der Waals surface area contributed by atoms with E-state index >= 15 is 0 Å². The van der Waals surface area contributed by atoms with E-state index in [4.69, 9.17) is 31.5 Å². The summed E-state index contributed by atoms with van der Waals surface area (Å²) in [5.74, 6) is 0.820. The third-order valence-corrected chi connectivity index (χ3v) is 8.58. The van der Waals surface area contributed by atoms with Crippen molar-refractivity contribution in [2.24, 2.45) is 5.73 Å². The number of ether oxygens (including phenoxy) is 3. The zero-order valence-corrected chi connectivity index (χ0v) is 25.0. The molecule has 0 aliphatic carbocycles. The van der Waals surface area contributed by atoms with Gasteiger partial charge >= 0.3 is 0 Å². The van der Waals surface area contributed by atoms with Gasteiger partial charge in [-0.15, -0.1) is 0 Å². The Balaban J connectivity index is 1.49. The Bertz CT molecular complexity index is 1470. The molecule has 3 amide bonds. The van der Waals surface area contributed by atoms with Crippen LogP contribution in [0, 0.1) is 0 Å². The van der Waals surface area contributed by atoms with Gasteiger partial charge in [0.05, 0.1) is 36.9 Å². The van der Waals surface area contributed by atoms with Gasteiger partial charge in [0, 0.05) is 23.9 Å². The predicted octanol–water partition coefficient (Wildman–Crippen LogP) is 4.00. The lowest BCUT2D eigenvalue weighted by Gasteiger charge is -2.21. The number of primary amides is 1. The fourth-order valence-electron chi connectivity index (χ4n) is 4.60. The van der Waals surface area contributed by atoms with Crippen LogP contribution >= 0.6 is 11.6 Å². The Labute approximate surface area is 253 Å². The van der Waals surface area contributed by atoms with Gasteiger partial charge in [0.25, 0.3) is 5.91 Å². The highest BCUT2D eigenvalue weighted by Gasteiger charge is 2.49. The average molecular weight is 611 g/mol. The molecule has 1 heterocycles. The molecule has 3 aromatic carbocycles. The number of benzene rings is 3. The van der Waals surface area contributed by atoms with Gasteiger partial charge in [0.1, 0.15) is 12.4 Å². The zero-order valence-electron chi connectivity index (χ0n) is 23.3. The van der Waals surface area contributed by atoms with Crippen LogP contribution in [-0.2, 0) is 27.8 Å². The molecule has 9 nitrogen and oxygen atoms in total. The molecule has 1 saturated heterocycles. The number of methoxy groups -OCH3 is 2. The third-order valence-electron chi connectivity index (χ3n) is 6.69. The number of anilines is 1. The SMILES string of the molecule is C=CCOc1ccc(C2[SH+]C(CC(=O)NCCc3ccc(OC)c(OC)c3)C(=O)N2c2ccc(C(N)=O)c(Cl)c2)cc1. The highest BCUT2D eigenvalue weighted by molar-refractivity contribution is 7.81. The summed E-state index contributed by atoms with van der Waals surface area (Å²) in [5, 5.41) is 2.11. The van der Waals surface area contributed by atoms with E-state index in [1.807, 2.05) is 42.5 Å². The number of halogens is 1. The predicted molar refractivity (Wildman–Crippen MR) is 166 cm³/mol. The molecule has 2 unspecified atom stereocenters. The van der Waals surface area contributed by atoms with Crippen molar-refractivity contribution in [1.29, 1.82) is 0 Å². The highest BCUT2D eigenvalue weighted by Crippen LogP contribution is 2.39. The summed E-state index contributed by atoms with van der Waals surface area (Å²) in [4.78, 5) is 40.0. The average Bonchev–Trinajstić information content (AvgIpc) is 3.31. The number of rotatable bonds is 13. The monoisotopic (exact) mass is 610 g/mol. The molecule has 4 rings (SSSR count). The Kier molecular flexibility index (Phi) is 10.4. The van der Waals surface area contributed by atoms with Crippen LogP contribution in [0.4, 0.5) is 5.69 Å². The number of thiol groups is 1. The lowest BCUT2D eigenvalue weighted by molar-refractivity contribution is -0.124. The van der Waals surface area contributed by atoms with Gasteiger partial charge in [0.15, 0.2) is 11.5 Å².